The van der Waals surface area contributed by atoms with E-state index in [0.29, 0.717) is 38.7 Å². The second-order valence-corrected chi connectivity index (χ2v) is 8.29. The number of halogens is 3. The van der Waals surface area contributed by atoms with Gasteiger partial charge < -0.3 is 14.8 Å². The molecule has 0 atom stereocenters. The molecule has 0 saturated heterocycles. The minimum atomic E-state index is -0.337. The van der Waals surface area contributed by atoms with Gasteiger partial charge in [0.05, 0.1) is 27.4 Å². The smallest absolute Gasteiger partial charge is 0.255 e. The number of carbonyl (C=O) groups is 1. The Bertz CT molecular complexity index is 1100. The van der Waals surface area contributed by atoms with Crippen LogP contribution >= 0.6 is 34.8 Å². The first-order valence-electron chi connectivity index (χ1n) is 9.69. The molecule has 4 nitrogen and oxygen atoms in total. The second kappa shape index (κ2) is 10.3. The molecule has 0 aromatic heterocycles. The summed E-state index contributed by atoms with van der Waals surface area (Å²) in [6.45, 7) is 6.70. The fraction of sp³-hybridized carbons (Fsp3) is 0.208. The molecular weight excluding hydrogens is 457 g/mol. The minimum Gasteiger partial charge on any atom is -0.493 e. The van der Waals surface area contributed by atoms with E-state index in [2.05, 4.69) is 11.4 Å². The van der Waals surface area contributed by atoms with E-state index in [1.54, 1.807) is 18.2 Å². The number of hydrogen-bond donors (Lipinski definition) is 1. The number of amides is 1. The fourth-order valence-corrected chi connectivity index (χ4v) is 3.71. The molecule has 3 aromatic rings. The molecule has 1 amide bonds. The maximum atomic E-state index is 12.8. The average Bonchev–Trinajstić information content (AvgIpc) is 2.70. The van der Waals surface area contributed by atoms with Crippen molar-refractivity contribution in [2.75, 3.05) is 11.9 Å². The third-order valence-corrected chi connectivity index (χ3v) is 5.51. The van der Waals surface area contributed by atoms with E-state index in [9.17, 15) is 4.79 Å². The largest absolute Gasteiger partial charge is 0.493 e. The quantitative estimate of drug-likeness (QED) is 0.358. The first kappa shape index (κ1) is 23.3. The molecule has 31 heavy (non-hydrogen) atoms. The van der Waals surface area contributed by atoms with Gasteiger partial charge in [-0.25, -0.2) is 0 Å². The number of carbonyl (C=O) groups excluding carboxylic acids is 1. The van der Waals surface area contributed by atoms with Crippen molar-refractivity contribution < 1.29 is 14.3 Å². The molecule has 162 valence electrons. The number of hydrogen-bond acceptors (Lipinski definition) is 3. The lowest BCUT2D eigenvalue weighted by molar-refractivity contribution is 0.102. The topological polar surface area (TPSA) is 47.6 Å². The summed E-state index contributed by atoms with van der Waals surface area (Å²) < 4.78 is 11.7. The van der Waals surface area contributed by atoms with Crippen molar-refractivity contribution in [3.05, 3.63) is 85.9 Å². The Balaban J connectivity index is 1.83. The first-order valence-corrected chi connectivity index (χ1v) is 10.8. The van der Waals surface area contributed by atoms with Crippen molar-refractivity contribution >= 4 is 46.4 Å². The summed E-state index contributed by atoms with van der Waals surface area (Å²) in [6.07, 6.45) is 0. The molecule has 0 aliphatic heterocycles. The predicted octanol–water partition coefficient (Wildman–Crippen LogP) is 7.49. The van der Waals surface area contributed by atoms with Crippen LogP contribution in [0, 0.1) is 13.8 Å². The van der Waals surface area contributed by atoms with E-state index in [1.165, 1.54) is 12.1 Å². The van der Waals surface area contributed by atoms with E-state index >= 15 is 0 Å². The summed E-state index contributed by atoms with van der Waals surface area (Å²) >= 11 is 18.2. The number of anilines is 1. The van der Waals surface area contributed by atoms with Crippen LogP contribution in [-0.2, 0) is 6.61 Å². The van der Waals surface area contributed by atoms with Crippen LogP contribution in [0.25, 0.3) is 0 Å². The molecule has 0 aliphatic rings. The van der Waals surface area contributed by atoms with Gasteiger partial charge in [0.25, 0.3) is 5.91 Å². The van der Waals surface area contributed by atoms with Gasteiger partial charge in [-0.15, -0.1) is 0 Å². The summed E-state index contributed by atoms with van der Waals surface area (Å²) in [7, 11) is 0. The summed E-state index contributed by atoms with van der Waals surface area (Å²) in [6, 6.07) is 14.2. The highest BCUT2D eigenvalue weighted by Crippen LogP contribution is 2.33. The van der Waals surface area contributed by atoms with Crippen LogP contribution in [-0.4, -0.2) is 12.5 Å². The van der Waals surface area contributed by atoms with E-state index in [4.69, 9.17) is 44.3 Å². The van der Waals surface area contributed by atoms with Gasteiger partial charge in [0.2, 0.25) is 0 Å². The Morgan fingerprint density at radius 3 is 2.23 bits per heavy atom. The van der Waals surface area contributed by atoms with Gasteiger partial charge in [-0.05, 0) is 74.4 Å². The zero-order valence-corrected chi connectivity index (χ0v) is 19.7. The summed E-state index contributed by atoms with van der Waals surface area (Å²) in [5.41, 5.74) is 3.81. The van der Waals surface area contributed by atoms with Crippen LogP contribution in [0.3, 0.4) is 0 Å². The van der Waals surface area contributed by atoms with Gasteiger partial charge >= 0.3 is 0 Å². The summed E-state index contributed by atoms with van der Waals surface area (Å²) in [5, 5.41) is 3.68. The van der Waals surface area contributed by atoms with E-state index in [1.807, 2.05) is 32.9 Å². The van der Waals surface area contributed by atoms with Crippen molar-refractivity contribution in [2.45, 2.75) is 27.4 Å². The van der Waals surface area contributed by atoms with E-state index in [0.717, 1.165) is 22.4 Å². The monoisotopic (exact) mass is 477 g/mol. The normalized spacial score (nSPS) is 10.6. The van der Waals surface area contributed by atoms with Gasteiger partial charge in [0.1, 0.15) is 18.1 Å². The summed E-state index contributed by atoms with van der Waals surface area (Å²) in [5.74, 6) is 1.09. The standard InChI is InChI=1S/C24H22Cl3NO3/c1-4-30-23-6-5-16(24(29)28-22-12-20(26)19(25)11-21(22)27)10-17(23)13-31-18-8-14(2)7-15(3)9-18/h5-12H,4,13H2,1-3H3,(H,28,29). The van der Waals surface area contributed by atoms with Gasteiger partial charge in [-0.1, -0.05) is 40.9 Å². The third kappa shape index (κ3) is 6.07. The molecular formula is C24H22Cl3NO3. The second-order valence-electron chi connectivity index (χ2n) is 7.07. The number of rotatable bonds is 7. The Morgan fingerprint density at radius 2 is 1.55 bits per heavy atom. The van der Waals surface area contributed by atoms with Gasteiger partial charge in [-0.3, -0.25) is 4.79 Å². The Labute approximate surface area is 197 Å². The molecule has 3 rings (SSSR count). The van der Waals surface area contributed by atoms with E-state index in [-0.39, 0.29) is 12.5 Å². The van der Waals surface area contributed by atoms with Crippen LogP contribution in [0.15, 0.2) is 48.5 Å². The number of aryl methyl sites for hydroxylation is 2. The van der Waals surface area contributed by atoms with Crippen LogP contribution in [0.5, 0.6) is 11.5 Å². The van der Waals surface area contributed by atoms with Gasteiger partial charge in [0, 0.05) is 11.1 Å². The Hall–Kier alpha value is -2.40. The number of benzene rings is 3. The minimum absolute atomic E-state index is 0.257. The SMILES string of the molecule is CCOc1ccc(C(=O)Nc2cc(Cl)c(Cl)cc2Cl)cc1COc1cc(C)cc(C)c1. The molecule has 0 aliphatic carbocycles. The van der Waals surface area contributed by atoms with Crippen molar-refractivity contribution in [1.29, 1.82) is 0 Å². The summed E-state index contributed by atoms with van der Waals surface area (Å²) in [4.78, 5) is 12.8. The van der Waals surface area contributed by atoms with Gasteiger partial charge in [0.15, 0.2) is 0 Å². The lowest BCUT2D eigenvalue weighted by Gasteiger charge is -2.14. The number of nitrogens with one attached hydrogen (secondary N) is 1. The van der Waals surface area contributed by atoms with Crippen molar-refractivity contribution in [1.82, 2.24) is 0 Å². The molecule has 0 unspecified atom stereocenters. The molecule has 3 aromatic carbocycles. The zero-order valence-electron chi connectivity index (χ0n) is 17.4. The van der Waals surface area contributed by atoms with Crippen LogP contribution in [0.4, 0.5) is 5.69 Å². The van der Waals surface area contributed by atoms with Crippen molar-refractivity contribution in [3.8, 4) is 11.5 Å². The molecule has 0 radical (unpaired) electrons. The lowest BCUT2D eigenvalue weighted by atomic mass is 10.1. The molecule has 1 N–H and O–H groups in total. The van der Waals surface area contributed by atoms with Crippen LogP contribution < -0.4 is 14.8 Å². The molecule has 0 fully saturated rings. The molecule has 0 bridgehead atoms. The van der Waals surface area contributed by atoms with Crippen LogP contribution in [0.1, 0.15) is 34.0 Å². The Morgan fingerprint density at radius 1 is 0.871 bits per heavy atom. The zero-order chi connectivity index (χ0) is 22.5. The van der Waals surface area contributed by atoms with E-state index < -0.39 is 0 Å². The highest BCUT2D eigenvalue weighted by Gasteiger charge is 2.14. The van der Waals surface area contributed by atoms with Crippen molar-refractivity contribution in [3.63, 3.8) is 0 Å². The highest BCUT2D eigenvalue weighted by atomic mass is 35.5. The lowest BCUT2D eigenvalue weighted by Crippen LogP contribution is -2.13. The maximum absolute atomic E-state index is 12.8. The van der Waals surface area contributed by atoms with Gasteiger partial charge in [-0.2, -0.15) is 0 Å². The molecule has 0 spiro atoms. The highest BCUT2D eigenvalue weighted by molar-refractivity contribution is 6.44. The number of ether oxygens (including phenoxy) is 2. The fourth-order valence-electron chi connectivity index (χ4n) is 3.12. The Kier molecular flexibility index (Phi) is 7.71. The molecule has 7 heteroatoms. The molecule has 0 saturated carbocycles. The maximum Gasteiger partial charge on any atom is 0.255 e. The van der Waals surface area contributed by atoms with Crippen molar-refractivity contribution in [2.24, 2.45) is 0 Å². The molecule has 0 heterocycles. The van der Waals surface area contributed by atoms with Crippen LogP contribution in [0.2, 0.25) is 15.1 Å². The first-order chi connectivity index (χ1) is 14.8. The third-order valence-electron chi connectivity index (χ3n) is 4.47. The predicted molar refractivity (Wildman–Crippen MR) is 127 cm³/mol. The average molecular weight is 479 g/mol.